The molecule has 0 fully saturated rings. The van der Waals surface area contributed by atoms with Crippen molar-refractivity contribution >= 4 is 65.4 Å². The second kappa shape index (κ2) is 26.3. The van der Waals surface area contributed by atoms with Crippen LogP contribution in [0.25, 0.3) is 0 Å². The van der Waals surface area contributed by atoms with Crippen LogP contribution in [0.1, 0.15) is 96.8 Å². The zero-order valence-electron chi connectivity index (χ0n) is 13.0. The monoisotopic (exact) mass is 314 g/mol. The standard InChI is InChI=1S/C18H34O.2Na.2H/c1-2-3-4-5-6-7-8-9-10-11-12-13-14-15-16-17-18-19;;;;/h9-10,18H,2-8,11-17H2,1H3;;;;/b10-9-;;;;. The number of carbonyl (C=O) groups excluding carboxylic acids is 1. The van der Waals surface area contributed by atoms with E-state index >= 15 is 0 Å². The molecule has 0 radical (unpaired) electrons. The van der Waals surface area contributed by atoms with E-state index in [1.54, 1.807) is 0 Å². The average Bonchev–Trinajstić information content (AvgIpc) is 2.43. The first-order valence-electron chi connectivity index (χ1n) is 8.50. The molecule has 0 aliphatic carbocycles. The van der Waals surface area contributed by atoms with Gasteiger partial charge >= 0.3 is 59.1 Å². The molecule has 0 aliphatic heterocycles. The minimum atomic E-state index is 0. The van der Waals surface area contributed by atoms with Crippen molar-refractivity contribution in [1.29, 1.82) is 0 Å². The van der Waals surface area contributed by atoms with E-state index in [1.807, 2.05) is 0 Å². The molecule has 0 aromatic heterocycles. The molecule has 0 amide bonds. The van der Waals surface area contributed by atoms with E-state index in [-0.39, 0.29) is 59.1 Å². The Bertz CT molecular complexity index is 205. The van der Waals surface area contributed by atoms with Crippen molar-refractivity contribution in [2.24, 2.45) is 0 Å². The summed E-state index contributed by atoms with van der Waals surface area (Å²) >= 11 is 0. The van der Waals surface area contributed by atoms with Crippen LogP contribution >= 0.6 is 0 Å². The molecule has 0 unspecified atom stereocenters. The molecule has 0 bridgehead atoms. The summed E-state index contributed by atoms with van der Waals surface area (Å²) in [5, 5.41) is 0. The number of hydrogen-bond donors (Lipinski definition) is 0. The zero-order valence-corrected chi connectivity index (χ0v) is 13.0. The summed E-state index contributed by atoms with van der Waals surface area (Å²) < 4.78 is 0. The Kier molecular flexibility index (Phi) is 34.2. The number of rotatable bonds is 15. The molecule has 21 heavy (non-hydrogen) atoms. The predicted molar refractivity (Wildman–Crippen MR) is 99.8 cm³/mol. The molecular formula is C18H36Na2O. The van der Waals surface area contributed by atoms with Gasteiger partial charge in [-0.3, -0.25) is 0 Å². The first kappa shape index (κ1) is 27.3. The molecule has 0 saturated carbocycles. The third-order valence-electron chi connectivity index (χ3n) is 3.58. The van der Waals surface area contributed by atoms with Gasteiger partial charge in [-0.1, -0.05) is 70.4 Å². The number of aldehydes is 1. The predicted octanol–water partition coefficient (Wildman–Crippen LogP) is 4.93. The van der Waals surface area contributed by atoms with Crippen molar-refractivity contribution in [2.45, 2.75) is 96.8 Å². The van der Waals surface area contributed by atoms with Crippen molar-refractivity contribution in [3.8, 4) is 0 Å². The Labute approximate surface area is 177 Å². The van der Waals surface area contributed by atoms with Crippen LogP contribution in [0, 0.1) is 0 Å². The maximum atomic E-state index is 10.1. The van der Waals surface area contributed by atoms with E-state index in [0.29, 0.717) is 0 Å². The summed E-state index contributed by atoms with van der Waals surface area (Å²) in [7, 11) is 0. The molecule has 0 atom stereocenters. The fraction of sp³-hybridized carbons (Fsp3) is 0.833. The molecule has 116 valence electrons. The molecule has 3 heteroatoms. The molecular weight excluding hydrogens is 278 g/mol. The Hall–Kier alpha value is 1.41. The third-order valence-corrected chi connectivity index (χ3v) is 3.58. The topological polar surface area (TPSA) is 17.1 Å². The van der Waals surface area contributed by atoms with Crippen LogP contribution < -0.4 is 0 Å². The maximum absolute atomic E-state index is 10.1. The second-order valence-electron chi connectivity index (χ2n) is 5.54. The first-order chi connectivity index (χ1) is 9.41. The second-order valence-corrected chi connectivity index (χ2v) is 5.54. The van der Waals surface area contributed by atoms with Gasteiger partial charge in [-0.05, 0) is 32.1 Å². The first-order valence-corrected chi connectivity index (χ1v) is 8.50. The molecule has 0 N–H and O–H groups in total. The zero-order chi connectivity index (χ0) is 14.0. The molecule has 1 nitrogen and oxygen atoms in total. The molecule has 0 heterocycles. The van der Waals surface area contributed by atoms with Gasteiger partial charge < -0.3 is 4.79 Å². The number of hydrogen-bond acceptors (Lipinski definition) is 1. The Morgan fingerprint density at radius 2 is 0.952 bits per heavy atom. The van der Waals surface area contributed by atoms with Gasteiger partial charge in [0.1, 0.15) is 6.29 Å². The Balaban J connectivity index is -0.00000162. The summed E-state index contributed by atoms with van der Waals surface area (Å²) in [6.45, 7) is 2.27. The van der Waals surface area contributed by atoms with Crippen LogP contribution in [-0.4, -0.2) is 65.4 Å². The normalized spacial score (nSPS) is 10.1. The molecule has 0 spiro atoms. The molecule has 0 aromatic carbocycles. The van der Waals surface area contributed by atoms with Crippen LogP contribution in [0.4, 0.5) is 0 Å². The molecule has 0 aromatic rings. The summed E-state index contributed by atoms with van der Waals surface area (Å²) in [5.74, 6) is 0. The minimum absolute atomic E-state index is 0. The molecule has 0 rings (SSSR count). The van der Waals surface area contributed by atoms with Crippen LogP contribution in [0.5, 0.6) is 0 Å². The third kappa shape index (κ3) is 26.6. The van der Waals surface area contributed by atoms with E-state index in [2.05, 4.69) is 19.1 Å². The van der Waals surface area contributed by atoms with Crippen LogP contribution in [0.3, 0.4) is 0 Å². The van der Waals surface area contributed by atoms with Gasteiger partial charge in [0.15, 0.2) is 0 Å². The fourth-order valence-electron chi connectivity index (χ4n) is 2.30. The Morgan fingerprint density at radius 1 is 0.571 bits per heavy atom. The van der Waals surface area contributed by atoms with E-state index in [0.717, 1.165) is 19.1 Å². The summed E-state index contributed by atoms with van der Waals surface area (Å²) in [4.78, 5) is 10.1. The van der Waals surface area contributed by atoms with E-state index in [1.165, 1.54) is 77.0 Å². The molecule has 0 aliphatic rings. The van der Waals surface area contributed by atoms with Crippen molar-refractivity contribution < 1.29 is 4.79 Å². The summed E-state index contributed by atoms with van der Waals surface area (Å²) in [5.41, 5.74) is 0. The summed E-state index contributed by atoms with van der Waals surface area (Å²) in [6, 6.07) is 0. The number of allylic oxidation sites excluding steroid dienone is 2. The van der Waals surface area contributed by atoms with Gasteiger partial charge in [0, 0.05) is 6.42 Å². The van der Waals surface area contributed by atoms with Crippen molar-refractivity contribution in [3.63, 3.8) is 0 Å². The van der Waals surface area contributed by atoms with E-state index < -0.39 is 0 Å². The van der Waals surface area contributed by atoms with Gasteiger partial charge in [0.25, 0.3) is 0 Å². The fourth-order valence-corrected chi connectivity index (χ4v) is 2.30. The number of unbranched alkanes of at least 4 members (excludes halogenated alkanes) is 12. The van der Waals surface area contributed by atoms with Gasteiger partial charge in [-0.25, -0.2) is 0 Å². The van der Waals surface area contributed by atoms with Gasteiger partial charge in [0.2, 0.25) is 0 Å². The van der Waals surface area contributed by atoms with Gasteiger partial charge in [-0.2, -0.15) is 0 Å². The van der Waals surface area contributed by atoms with Crippen molar-refractivity contribution in [1.82, 2.24) is 0 Å². The van der Waals surface area contributed by atoms with E-state index in [9.17, 15) is 4.79 Å². The van der Waals surface area contributed by atoms with Gasteiger partial charge in [-0.15, -0.1) is 0 Å². The van der Waals surface area contributed by atoms with Crippen molar-refractivity contribution in [3.05, 3.63) is 12.2 Å². The van der Waals surface area contributed by atoms with Crippen molar-refractivity contribution in [2.75, 3.05) is 0 Å². The Morgan fingerprint density at radius 3 is 1.38 bits per heavy atom. The van der Waals surface area contributed by atoms with Crippen LogP contribution in [-0.2, 0) is 4.79 Å². The average molecular weight is 314 g/mol. The van der Waals surface area contributed by atoms with E-state index in [4.69, 9.17) is 0 Å². The quantitative estimate of drug-likeness (QED) is 0.181. The SMILES string of the molecule is CCCCCCCC/C=C\CCCCCCCC=O.[NaH].[NaH]. The summed E-state index contributed by atoms with van der Waals surface area (Å²) in [6.07, 6.45) is 23.6. The van der Waals surface area contributed by atoms with Crippen LogP contribution in [0.2, 0.25) is 0 Å². The van der Waals surface area contributed by atoms with Gasteiger partial charge in [0.05, 0.1) is 0 Å². The molecule has 0 saturated heterocycles. The number of carbonyl (C=O) groups is 1. The van der Waals surface area contributed by atoms with Crippen LogP contribution in [0.15, 0.2) is 12.2 Å².